The minimum Gasteiger partial charge on any atom is -0.497 e. The smallest absolute Gasteiger partial charge is 0.322 e. The van der Waals surface area contributed by atoms with E-state index >= 15 is 0 Å². The maximum Gasteiger partial charge on any atom is 0.322 e. The molecule has 1 saturated heterocycles. The van der Waals surface area contributed by atoms with Gasteiger partial charge in [0.05, 0.1) is 13.7 Å². The van der Waals surface area contributed by atoms with Crippen LogP contribution >= 0.6 is 0 Å². The Labute approximate surface area is 186 Å². The summed E-state index contributed by atoms with van der Waals surface area (Å²) >= 11 is 0. The summed E-state index contributed by atoms with van der Waals surface area (Å²) in [7, 11) is 1.52. The summed E-state index contributed by atoms with van der Waals surface area (Å²) < 4.78 is 11.2. The number of carbonyl (C=O) groups is 4. The van der Waals surface area contributed by atoms with E-state index in [0.29, 0.717) is 34.4 Å². The molecule has 3 aliphatic rings. The topological polar surface area (TPSA) is 130 Å². The van der Waals surface area contributed by atoms with Gasteiger partial charge < -0.3 is 24.7 Å². The Morgan fingerprint density at radius 1 is 1.09 bits per heavy atom. The normalized spacial score (nSPS) is 21.2. The van der Waals surface area contributed by atoms with Gasteiger partial charge in [0.2, 0.25) is 0 Å². The van der Waals surface area contributed by atoms with Crippen LogP contribution < -0.4 is 20.7 Å². The lowest BCUT2D eigenvalue weighted by molar-refractivity contribution is -0.125. The number of nitrogens with zero attached hydrogens (tertiary/aromatic N) is 1. The average molecular weight is 446 g/mol. The minimum absolute atomic E-state index is 0.125. The van der Waals surface area contributed by atoms with Crippen molar-refractivity contribution in [1.82, 2.24) is 20.9 Å². The highest BCUT2D eigenvalue weighted by molar-refractivity contribution is 6.09. The number of furan rings is 1. The molecule has 0 radical (unpaired) electrons. The van der Waals surface area contributed by atoms with E-state index in [2.05, 4.69) is 16.0 Å². The highest BCUT2D eigenvalue weighted by Crippen LogP contribution is 2.37. The molecule has 6 rings (SSSR count). The fourth-order valence-corrected chi connectivity index (χ4v) is 4.78. The molecule has 0 aliphatic carbocycles. The molecule has 166 valence electrons. The summed E-state index contributed by atoms with van der Waals surface area (Å²) in [6.07, 6.45) is 0. The van der Waals surface area contributed by atoms with Gasteiger partial charge in [0, 0.05) is 29.6 Å². The van der Waals surface area contributed by atoms with Gasteiger partial charge in [-0.25, -0.2) is 4.79 Å². The third kappa shape index (κ3) is 2.67. The molecule has 1 aromatic heterocycles. The van der Waals surface area contributed by atoms with Gasteiger partial charge in [-0.15, -0.1) is 0 Å². The Kier molecular flexibility index (Phi) is 3.86. The molecule has 0 spiro atoms. The number of hydrogen-bond donors (Lipinski definition) is 3. The Morgan fingerprint density at radius 3 is 2.70 bits per heavy atom. The van der Waals surface area contributed by atoms with E-state index in [4.69, 9.17) is 9.15 Å². The number of methoxy groups -OCH3 is 1. The maximum absolute atomic E-state index is 13.1. The molecular formula is C23H18N4O6. The number of ether oxygens (including phenoxy) is 1. The number of amides is 5. The third-order valence-electron chi connectivity index (χ3n) is 6.47. The predicted molar refractivity (Wildman–Crippen MR) is 113 cm³/mol. The van der Waals surface area contributed by atoms with E-state index in [0.717, 1.165) is 11.1 Å². The van der Waals surface area contributed by atoms with Crippen molar-refractivity contribution in [3.8, 4) is 5.75 Å². The lowest BCUT2D eigenvalue weighted by Gasteiger charge is -2.29. The van der Waals surface area contributed by atoms with Crippen molar-refractivity contribution in [3.05, 3.63) is 64.4 Å². The molecule has 3 N–H and O–H groups in total. The van der Waals surface area contributed by atoms with E-state index in [1.54, 1.807) is 36.4 Å². The first-order valence-corrected chi connectivity index (χ1v) is 10.3. The summed E-state index contributed by atoms with van der Waals surface area (Å²) in [5, 5.41) is 8.39. The zero-order chi connectivity index (χ0) is 22.9. The molecule has 3 aromatic rings. The fourth-order valence-electron chi connectivity index (χ4n) is 4.78. The molecular weight excluding hydrogens is 428 g/mol. The Bertz CT molecular complexity index is 1410. The van der Waals surface area contributed by atoms with Crippen molar-refractivity contribution in [2.45, 2.75) is 18.6 Å². The number of benzene rings is 2. The highest BCUT2D eigenvalue weighted by atomic mass is 16.5. The molecule has 3 aliphatic heterocycles. The van der Waals surface area contributed by atoms with Gasteiger partial charge in [0.1, 0.15) is 17.1 Å². The monoisotopic (exact) mass is 446 g/mol. The van der Waals surface area contributed by atoms with Crippen LogP contribution in [0.4, 0.5) is 4.79 Å². The van der Waals surface area contributed by atoms with Gasteiger partial charge in [-0.1, -0.05) is 6.07 Å². The Balaban J connectivity index is 1.42. The van der Waals surface area contributed by atoms with Crippen LogP contribution in [0.3, 0.4) is 0 Å². The number of nitrogens with one attached hydrogen (secondary N) is 3. The molecule has 33 heavy (non-hydrogen) atoms. The first kappa shape index (κ1) is 19.4. The van der Waals surface area contributed by atoms with Crippen molar-refractivity contribution in [1.29, 1.82) is 0 Å². The standard InChI is InChI=1S/C23H18N4O6/c1-32-12-3-2-11-9-27(20(29)14(11)6-12)10-23(21(30)25-22(31)26-23)18-7-15-16-8-24-19(28)13(16)4-5-17(15)33-18/h2-7H,8-10H2,1H3,(H,24,28)(H2,25,26,30,31). The SMILES string of the molecule is COc1ccc2c(c1)C(=O)N(CC1(c3cc4c5c(ccc4o3)C(=O)NC5)NC(=O)NC1=O)C2. The van der Waals surface area contributed by atoms with E-state index < -0.39 is 17.5 Å². The Morgan fingerprint density at radius 2 is 1.94 bits per heavy atom. The van der Waals surface area contributed by atoms with Crippen molar-refractivity contribution >= 4 is 34.7 Å². The quantitative estimate of drug-likeness (QED) is 0.519. The van der Waals surface area contributed by atoms with Crippen molar-refractivity contribution in [2.75, 3.05) is 13.7 Å². The summed E-state index contributed by atoms with van der Waals surface area (Å²) in [5.74, 6) is -0.315. The van der Waals surface area contributed by atoms with E-state index in [1.165, 1.54) is 12.0 Å². The van der Waals surface area contributed by atoms with Crippen LogP contribution in [0.2, 0.25) is 0 Å². The first-order valence-electron chi connectivity index (χ1n) is 10.3. The summed E-state index contributed by atoms with van der Waals surface area (Å²) in [6, 6.07) is 9.55. The summed E-state index contributed by atoms with van der Waals surface area (Å²) in [4.78, 5) is 51.9. The second-order valence-corrected chi connectivity index (χ2v) is 8.29. The van der Waals surface area contributed by atoms with Crippen LogP contribution in [0.15, 0.2) is 40.8 Å². The van der Waals surface area contributed by atoms with Crippen molar-refractivity contribution in [2.24, 2.45) is 0 Å². The van der Waals surface area contributed by atoms with Crippen LogP contribution in [-0.2, 0) is 23.4 Å². The zero-order valence-electron chi connectivity index (χ0n) is 17.5. The van der Waals surface area contributed by atoms with Gasteiger partial charge in [0.25, 0.3) is 17.7 Å². The first-order chi connectivity index (χ1) is 15.9. The molecule has 0 saturated carbocycles. The predicted octanol–water partition coefficient (Wildman–Crippen LogP) is 1.38. The molecule has 2 aromatic carbocycles. The van der Waals surface area contributed by atoms with Crippen molar-refractivity contribution in [3.63, 3.8) is 0 Å². The molecule has 10 nitrogen and oxygen atoms in total. The lowest BCUT2D eigenvalue weighted by Crippen LogP contribution is -2.52. The maximum atomic E-state index is 13.1. The van der Waals surface area contributed by atoms with E-state index in [-0.39, 0.29) is 30.7 Å². The number of fused-ring (bicyclic) bond motifs is 4. The number of imide groups is 1. The van der Waals surface area contributed by atoms with E-state index in [9.17, 15) is 19.2 Å². The Hall–Kier alpha value is -4.34. The molecule has 4 heterocycles. The van der Waals surface area contributed by atoms with Gasteiger partial charge in [-0.05, 0) is 41.5 Å². The number of carbonyl (C=O) groups excluding carboxylic acids is 4. The van der Waals surface area contributed by atoms with Crippen LogP contribution in [0.25, 0.3) is 11.0 Å². The third-order valence-corrected chi connectivity index (χ3v) is 6.47. The molecule has 1 unspecified atom stereocenters. The number of hydrogen-bond acceptors (Lipinski definition) is 6. The average Bonchev–Trinajstić information content (AvgIpc) is 3.54. The van der Waals surface area contributed by atoms with Gasteiger partial charge >= 0.3 is 6.03 Å². The molecule has 0 bridgehead atoms. The number of rotatable bonds is 4. The van der Waals surface area contributed by atoms with E-state index in [1.807, 2.05) is 0 Å². The summed E-state index contributed by atoms with van der Waals surface area (Å²) in [5.41, 5.74) is 1.47. The van der Waals surface area contributed by atoms with Gasteiger partial charge in [-0.2, -0.15) is 0 Å². The van der Waals surface area contributed by atoms with Gasteiger partial charge in [0.15, 0.2) is 5.54 Å². The lowest BCUT2D eigenvalue weighted by atomic mass is 9.94. The van der Waals surface area contributed by atoms with Crippen LogP contribution in [0.1, 0.15) is 37.6 Å². The van der Waals surface area contributed by atoms with Crippen LogP contribution in [-0.4, -0.2) is 42.3 Å². The van der Waals surface area contributed by atoms with Crippen molar-refractivity contribution < 1.29 is 28.3 Å². The van der Waals surface area contributed by atoms with Gasteiger partial charge in [-0.3, -0.25) is 19.7 Å². The van der Waals surface area contributed by atoms with Crippen LogP contribution in [0.5, 0.6) is 5.75 Å². The number of urea groups is 1. The largest absolute Gasteiger partial charge is 0.497 e. The zero-order valence-corrected chi connectivity index (χ0v) is 17.5. The fraction of sp³-hybridized carbons (Fsp3) is 0.217. The molecule has 5 amide bonds. The molecule has 1 fully saturated rings. The summed E-state index contributed by atoms with van der Waals surface area (Å²) in [6.45, 7) is 0.495. The second-order valence-electron chi connectivity index (χ2n) is 8.29. The molecule has 1 atom stereocenters. The minimum atomic E-state index is -1.61. The second kappa shape index (κ2) is 6.58. The van der Waals surface area contributed by atoms with Crippen LogP contribution in [0, 0.1) is 0 Å². The molecule has 10 heteroatoms. The highest BCUT2D eigenvalue weighted by Gasteiger charge is 2.53.